The average molecular weight is 571 g/mol. The molecule has 0 saturated carbocycles. The average Bonchev–Trinajstić information content (AvgIpc) is 3.10. The molecule has 0 aliphatic heterocycles. The minimum Gasteiger partial charge on any atom is -0.322 e. The molecule has 0 aliphatic rings. The van der Waals surface area contributed by atoms with Crippen molar-refractivity contribution in [3.05, 3.63) is 146 Å². The van der Waals surface area contributed by atoms with Crippen LogP contribution in [0.4, 0.5) is 23.3 Å². The number of hydrogen-bond donors (Lipinski definition) is 2. The summed E-state index contributed by atoms with van der Waals surface area (Å²) in [5.41, 5.74) is 5.09. The molecule has 7 rings (SSSR count). The van der Waals surface area contributed by atoms with Crippen LogP contribution in [-0.4, -0.2) is 29.9 Å². The number of hydrogen-bond acceptors (Lipinski definition) is 8. The molecular formula is C36H26N8. The minimum atomic E-state index is 0.414. The zero-order chi connectivity index (χ0) is 29.6. The first kappa shape index (κ1) is 26.6. The van der Waals surface area contributed by atoms with Gasteiger partial charge in [0.05, 0.1) is 11.4 Å². The predicted molar refractivity (Wildman–Crippen MR) is 174 cm³/mol. The normalized spacial score (nSPS) is 10.7. The maximum atomic E-state index is 4.78. The van der Waals surface area contributed by atoms with Gasteiger partial charge in [0.2, 0.25) is 11.9 Å². The van der Waals surface area contributed by atoms with Crippen molar-refractivity contribution >= 4 is 23.3 Å². The molecule has 0 radical (unpaired) electrons. The molecule has 0 unspecified atom stereocenters. The summed E-state index contributed by atoms with van der Waals surface area (Å²) >= 11 is 0. The molecular weight excluding hydrogens is 544 g/mol. The molecule has 7 aromatic rings. The van der Waals surface area contributed by atoms with Gasteiger partial charge in [-0.1, -0.05) is 133 Å². The van der Waals surface area contributed by atoms with Crippen molar-refractivity contribution in [2.45, 2.75) is 0 Å². The first-order valence-electron chi connectivity index (χ1n) is 14.2. The Bertz CT molecular complexity index is 1740. The lowest BCUT2D eigenvalue weighted by Gasteiger charge is -2.14. The minimum absolute atomic E-state index is 0.414. The number of para-hydroxylation sites is 2. The summed E-state index contributed by atoms with van der Waals surface area (Å²) < 4.78 is 0. The second kappa shape index (κ2) is 12.3. The first-order chi connectivity index (χ1) is 21.8. The molecule has 44 heavy (non-hydrogen) atoms. The highest BCUT2D eigenvalue weighted by Crippen LogP contribution is 2.30. The highest BCUT2D eigenvalue weighted by Gasteiger charge is 2.14. The maximum absolute atomic E-state index is 4.78. The summed E-state index contributed by atoms with van der Waals surface area (Å²) in [6.45, 7) is 0. The highest BCUT2D eigenvalue weighted by atomic mass is 15.2. The number of anilines is 4. The van der Waals surface area contributed by atoms with Crippen LogP contribution >= 0.6 is 0 Å². The molecule has 0 amide bonds. The molecule has 2 aromatic heterocycles. The van der Waals surface area contributed by atoms with Crippen LogP contribution in [0.25, 0.3) is 45.6 Å². The molecule has 2 N–H and O–H groups in total. The van der Waals surface area contributed by atoms with Crippen molar-refractivity contribution < 1.29 is 0 Å². The van der Waals surface area contributed by atoms with Crippen molar-refractivity contribution in [3.8, 4) is 45.6 Å². The number of aromatic nitrogens is 6. The van der Waals surface area contributed by atoms with Gasteiger partial charge in [0.1, 0.15) is 0 Å². The van der Waals surface area contributed by atoms with Gasteiger partial charge in [0.15, 0.2) is 23.3 Å². The quantitative estimate of drug-likeness (QED) is 0.188. The highest BCUT2D eigenvalue weighted by molar-refractivity contribution is 5.77. The summed E-state index contributed by atoms with van der Waals surface area (Å²) in [6.07, 6.45) is 0. The number of nitrogens with zero attached hydrogens (tertiary/aromatic N) is 6. The van der Waals surface area contributed by atoms with Crippen LogP contribution in [0.3, 0.4) is 0 Å². The molecule has 0 bridgehead atoms. The van der Waals surface area contributed by atoms with E-state index in [1.54, 1.807) is 0 Å². The Balaban J connectivity index is 1.27. The zero-order valence-electron chi connectivity index (χ0n) is 23.5. The van der Waals surface area contributed by atoms with Gasteiger partial charge in [-0.2, -0.15) is 19.9 Å². The van der Waals surface area contributed by atoms with E-state index in [1.807, 2.05) is 146 Å². The molecule has 0 saturated heterocycles. The topological polar surface area (TPSA) is 101 Å². The van der Waals surface area contributed by atoms with E-state index in [0.717, 1.165) is 33.6 Å². The van der Waals surface area contributed by atoms with Gasteiger partial charge in [-0.25, -0.2) is 9.97 Å². The maximum Gasteiger partial charge on any atom is 0.231 e. The van der Waals surface area contributed by atoms with Crippen LogP contribution < -0.4 is 10.6 Å². The molecule has 8 heteroatoms. The molecule has 210 valence electrons. The predicted octanol–water partition coefficient (Wildman–Crippen LogP) is 8.21. The van der Waals surface area contributed by atoms with E-state index in [2.05, 4.69) is 10.6 Å². The summed E-state index contributed by atoms with van der Waals surface area (Å²) in [6, 6.07) is 47.3. The van der Waals surface area contributed by atoms with E-state index in [1.165, 1.54) is 0 Å². The van der Waals surface area contributed by atoms with Crippen LogP contribution in [-0.2, 0) is 0 Å². The van der Waals surface area contributed by atoms with Gasteiger partial charge in [0.25, 0.3) is 0 Å². The van der Waals surface area contributed by atoms with Gasteiger partial charge in [0, 0.05) is 22.3 Å². The van der Waals surface area contributed by atoms with Crippen LogP contribution in [0.2, 0.25) is 0 Å². The molecule has 2 heterocycles. The van der Waals surface area contributed by atoms with Crippen LogP contribution in [0, 0.1) is 0 Å². The zero-order valence-corrected chi connectivity index (χ0v) is 23.5. The van der Waals surface area contributed by atoms with Gasteiger partial charge < -0.3 is 10.6 Å². The van der Waals surface area contributed by atoms with Crippen molar-refractivity contribution in [1.29, 1.82) is 0 Å². The first-order valence-corrected chi connectivity index (χ1v) is 14.2. The Hall–Kier alpha value is -6.28. The monoisotopic (exact) mass is 570 g/mol. The molecule has 8 nitrogen and oxygen atoms in total. The SMILES string of the molecule is c1ccc(-c2nc(Nc3ccccc3Nc3nc(-c4ccccc4)nc(-c4ccccc4)n3)nc(-c3ccccc3)n2)cc1. The second-order valence-electron chi connectivity index (χ2n) is 9.87. The standard InChI is InChI=1S/C36H26N8/c1-5-15-25(16-6-1)31-39-32(26-17-7-2-8-18-26)42-35(41-31)37-29-23-13-14-24-30(29)38-36-43-33(27-19-9-3-10-20-27)40-34(44-36)28-21-11-4-12-22-28/h1-24H,(H,37,39,41,42)(H,38,40,43,44). The molecule has 0 atom stereocenters. The largest absolute Gasteiger partial charge is 0.322 e. The summed E-state index contributed by atoms with van der Waals surface area (Å²) in [4.78, 5) is 28.7. The fourth-order valence-electron chi connectivity index (χ4n) is 4.67. The molecule has 0 spiro atoms. The number of benzene rings is 5. The lowest BCUT2D eigenvalue weighted by molar-refractivity contribution is 1.06. The molecule has 0 aliphatic carbocycles. The Morgan fingerprint density at radius 1 is 0.273 bits per heavy atom. The lowest BCUT2D eigenvalue weighted by atomic mass is 10.2. The van der Waals surface area contributed by atoms with E-state index in [-0.39, 0.29) is 0 Å². The Morgan fingerprint density at radius 3 is 0.795 bits per heavy atom. The van der Waals surface area contributed by atoms with Crippen LogP contribution in [0.15, 0.2) is 146 Å². The number of rotatable bonds is 8. The van der Waals surface area contributed by atoms with E-state index in [9.17, 15) is 0 Å². The van der Waals surface area contributed by atoms with E-state index < -0.39 is 0 Å². The smallest absolute Gasteiger partial charge is 0.231 e. The van der Waals surface area contributed by atoms with Gasteiger partial charge in [-0.15, -0.1) is 0 Å². The Kier molecular flexibility index (Phi) is 7.44. The molecule has 0 fully saturated rings. The third kappa shape index (κ3) is 6.00. The summed E-state index contributed by atoms with van der Waals surface area (Å²) in [5, 5.41) is 6.82. The van der Waals surface area contributed by atoms with E-state index in [4.69, 9.17) is 29.9 Å². The Morgan fingerprint density at radius 2 is 0.523 bits per heavy atom. The Labute approximate surface area is 254 Å². The van der Waals surface area contributed by atoms with Gasteiger partial charge >= 0.3 is 0 Å². The molecule has 5 aromatic carbocycles. The fourth-order valence-corrected chi connectivity index (χ4v) is 4.67. The second-order valence-corrected chi connectivity index (χ2v) is 9.87. The third-order valence-corrected chi connectivity index (χ3v) is 6.82. The third-order valence-electron chi connectivity index (χ3n) is 6.82. The van der Waals surface area contributed by atoms with Gasteiger partial charge in [-0.05, 0) is 12.1 Å². The van der Waals surface area contributed by atoms with Crippen LogP contribution in [0.5, 0.6) is 0 Å². The fraction of sp³-hybridized carbons (Fsp3) is 0. The summed E-state index contributed by atoms with van der Waals surface area (Å²) in [7, 11) is 0. The van der Waals surface area contributed by atoms with Gasteiger partial charge in [-0.3, -0.25) is 0 Å². The van der Waals surface area contributed by atoms with Crippen LogP contribution in [0.1, 0.15) is 0 Å². The lowest BCUT2D eigenvalue weighted by Crippen LogP contribution is -2.07. The van der Waals surface area contributed by atoms with Crippen molar-refractivity contribution in [3.63, 3.8) is 0 Å². The van der Waals surface area contributed by atoms with E-state index in [0.29, 0.717) is 35.2 Å². The van der Waals surface area contributed by atoms with Crippen molar-refractivity contribution in [2.24, 2.45) is 0 Å². The van der Waals surface area contributed by atoms with Crippen molar-refractivity contribution in [2.75, 3.05) is 10.6 Å². The summed E-state index contributed by atoms with van der Waals surface area (Å²) in [5.74, 6) is 3.12. The van der Waals surface area contributed by atoms with Crippen molar-refractivity contribution in [1.82, 2.24) is 29.9 Å². The number of nitrogens with one attached hydrogen (secondary N) is 2. The van der Waals surface area contributed by atoms with E-state index >= 15 is 0 Å².